The fourth-order valence-corrected chi connectivity index (χ4v) is 5.08. The zero-order valence-electron chi connectivity index (χ0n) is 19.4. The molecular formula is C30H29NO. The minimum Gasteiger partial charge on any atom is -0.310 e. The summed E-state index contributed by atoms with van der Waals surface area (Å²) in [6.07, 6.45) is 0.942. The van der Waals surface area contributed by atoms with Gasteiger partial charge in [-0.3, -0.25) is 4.79 Å². The predicted molar refractivity (Wildman–Crippen MR) is 135 cm³/mol. The highest BCUT2D eigenvalue weighted by Crippen LogP contribution is 2.54. The molecular weight excluding hydrogens is 390 g/mol. The summed E-state index contributed by atoms with van der Waals surface area (Å²) in [7, 11) is 0. The van der Waals surface area contributed by atoms with Gasteiger partial charge in [0.15, 0.2) is 0 Å². The monoisotopic (exact) mass is 419 g/mol. The molecule has 0 atom stereocenters. The first-order chi connectivity index (χ1) is 15.2. The Kier molecular flexibility index (Phi) is 4.53. The van der Waals surface area contributed by atoms with E-state index in [1.54, 1.807) is 0 Å². The standard InChI is InChI=1S/C30H29NO/c1-29(2,3)22-12-14-23(15-13-22)31-26-16-10-20(19-32)18-25(26)30(4,5)28-24-9-7-6-8-21(24)11-17-27(28)31/h6-19H,1-5H3. The molecule has 1 heterocycles. The summed E-state index contributed by atoms with van der Waals surface area (Å²) in [5.74, 6) is 0. The van der Waals surface area contributed by atoms with E-state index in [0.29, 0.717) is 5.56 Å². The van der Waals surface area contributed by atoms with Crippen LogP contribution in [0.25, 0.3) is 10.8 Å². The van der Waals surface area contributed by atoms with Crippen LogP contribution in [0.2, 0.25) is 0 Å². The maximum atomic E-state index is 11.6. The first-order valence-corrected chi connectivity index (χ1v) is 11.2. The van der Waals surface area contributed by atoms with Gasteiger partial charge in [0.25, 0.3) is 0 Å². The number of hydrogen-bond donors (Lipinski definition) is 0. The number of carbonyl (C=O) groups is 1. The number of benzene rings is 4. The van der Waals surface area contributed by atoms with Crippen molar-refractivity contribution < 1.29 is 4.79 Å². The second kappa shape index (κ2) is 7.06. The van der Waals surface area contributed by atoms with E-state index in [4.69, 9.17) is 0 Å². The lowest BCUT2D eigenvalue weighted by atomic mass is 9.71. The van der Waals surface area contributed by atoms with Crippen molar-refractivity contribution in [3.63, 3.8) is 0 Å². The fraction of sp³-hybridized carbons (Fsp3) is 0.233. The average Bonchev–Trinajstić information content (AvgIpc) is 2.78. The molecule has 5 rings (SSSR count). The number of carbonyl (C=O) groups excluding carboxylic acids is 1. The van der Waals surface area contributed by atoms with Crippen molar-refractivity contribution in [2.75, 3.05) is 4.90 Å². The first-order valence-electron chi connectivity index (χ1n) is 11.2. The van der Waals surface area contributed by atoms with E-state index in [1.165, 1.54) is 33.2 Å². The van der Waals surface area contributed by atoms with Crippen LogP contribution in [-0.2, 0) is 10.8 Å². The van der Waals surface area contributed by atoms with Gasteiger partial charge in [0.2, 0.25) is 0 Å². The van der Waals surface area contributed by atoms with Gasteiger partial charge in [0.1, 0.15) is 6.29 Å². The van der Waals surface area contributed by atoms with E-state index in [-0.39, 0.29) is 10.8 Å². The van der Waals surface area contributed by atoms with Crippen LogP contribution < -0.4 is 4.90 Å². The van der Waals surface area contributed by atoms with Gasteiger partial charge >= 0.3 is 0 Å². The van der Waals surface area contributed by atoms with Crippen molar-refractivity contribution in [1.82, 2.24) is 0 Å². The lowest BCUT2D eigenvalue weighted by Crippen LogP contribution is -2.31. The largest absolute Gasteiger partial charge is 0.310 e. The molecule has 0 amide bonds. The van der Waals surface area contributed by atoms with Crippen LogP contribution in [0, 0.1) is 0 Å². The summed E-state index contributed by atoms with van der Waals surface area (Å²) in [6.45, 7) is 11.3. The number of hydrogen-bond acceptors (Lipinski definition) is 2. The third-order valence-corrected chi connectivity index (χ3v) is 6.84. The van der Waals surface area contributed by atoms with Crippen molar-refractivity contribution in [3.05, 3.63) is 101 Å². The third-order valence-electron chi connectivity index (χ3n) is 6.84. The molecule has 0 bridgehead atoms. The van der Waals surface area contributed by atoms with Crippen molar-refractivity contribution in [3.8, 4) is 0 Å². The van der Waals surface area contributed by atoms with Gasteiger partial charge < -0.3 is 4.90 Å². The fourth-order valence-electron chi connectivity index (χ4n) is 5.08. The summed E-state index contributed by atoms with van der Waals surface area (Å²) in [6, 6.07) is 28.0. The van der Waals surface area contributed by atoms with Crippen LogP contribution in [0.1, 0.15) is 61.7 Å². The van der Waals surface area contributed by atoms with Crippen molar-refractivity contribution in [2.24, 2.45) is 0 Å². The Morgan fingerprint density at radius 3 is 2.19 bits per heavy atom. The molecule has 0 saturated carbocycles. The van der Waals surface area contributed by atoms with Gasteiger partial charge in [-0.15, -0.1) is 0 Å². The SMILES string of the molecule is CC(C)(C)c1ccc(N2c3ccc(C=O)cc3C(C)(C)c3c2ccc2ccccc32)cc1. The van der Waals surface area contributed by atoms with Gasteiger partial charge in [-0.05, 0) is 69.3 Å². The van der Waals surface area contributed by atoms with Crippen molar-refractivity contribution in [2.45, 2.75) is 45.4 Å². The number of aldehydes is 1. The van der Waals surface area contributed by atoms with E-state index < -0.39 is 0 Å². The molecule has 4 aromatic carbocycles. The van der Waals surface area contributed by atoms with Crippen LogP contribution in [0.15, 0.2) is 78.9 Å². The molecule has 4 aromatic rings. The molecule has 0 radical (unpaired) electrons. The Bertz CT molecular complexity index is 1340. The lowest BCUT2D eigenvalue weighted by Gasteiger charge is -2.43. The predicted octanol–water partition coefficient (Wildman–Crippen LogP) is 8.06. The van der Waals surface area contributed by atoms with Gasteiger partial charge in [-0.2, -0.15) is 0 Å². The van der Waals surface area contributed by atoms with Gasteiger partial charge in [-0.25, -0.2) is 0 Å². The van der Waals surface area contributed by atoms with E-state index >= 15 is 0 Å². The number of anilines is 3. The Morgan fingerprint density at radius 1 is 0.812 bits per heavy atom. The van der Waals surface area contributed by atoms with Crippen LogP contribution in [0.4, 0.5) is 17.1 Å². The minimum absolute atomic E-state index is 0.104. The van der Waals surface area contributed by atoms with Crippen LogP contribution in [0.3, 0.4) is 0 Å². The molecule has 1 aliphatic heterocycles. The second-order valence-electron chi connectivity index (χ2n) is 10.3. The first kappa shape index (κ1) is 20.5. The highest BCUT2D eigenvalue weighted by Gasteiger charge is 2.38. The van der Waals surface area contributed by atoms with E-state index in [1.807, 2.05) is 6.07 Å². The molecule has 0 unspecified atom stereocenters. The topological polar surface area (TPSA) is 20.3 Å². The van der Waals surface area contributed by atoms with E-state index in [0.717, 1.165) is 17.7 Å². The van der Waals surface area contributed by atoms with Crippen LogP contribution >= 0.6 is 0 Å². The average molecular weight is 420 g/mol. The Labute approximate surface area is 190 Å². The molecule has 0 N–H and O–H groups in total. The van der Waals surface area contributed by atoms with Crippen LogP contribution in [-0.4, -0.2) is 6.29 Å². The quantitative estimate of drug-likeness (QED) is 0.306. The molecule has 1 aliphatic rings. The van der Waals surface area contributed by atoms with E-state index in [2.05, 4.69) is 112 Å². The summed E-state index contributed by atoms with van der Waals surface area (Å²) in [5, 5.41) is 2.49. The Balaban J connectivity index is 1.82. The number of nitrogens with zero attached hydrogens (tertiary/aromatic N) is 1. The maximum absolute atomic E-state index is 11.6. The smallest absolute Gasteiger partial charge is 0.150 e. The second-order valence-corrected chi connectivity index (χ2v) is 10.3. The molecule has 0 fully saturated rings. The Morgan fingerprint density at radius 2 is 1.50 bits per heavy atom. The molecule has 2 nitrogen and oxygen atoms in total. The number of rotatable bonds is 2. The maximum Gasteiger partial charge on any atom is 0.150 e. The summed E-state index contributed by atoms with van der Waals surface area (Å²) >= 11 is 0. The zero-order chi connectivity index (χ0) is 22.7. The zero-order valence-corrected chi connectivity index (χ0v) is 19.4. The molecule has 0 aromatic heterocycles. The van der Waals surface area contributed by atoms with Gasteiger partial charge in [0, 0.05) is 16.7 Å². The summed E-state index contributed by atoms with van der Waals surface area (Å²) in [5.41, 5.74) is 7.81. The number of fused-ring (bicyclic) bond motifs is 4. The lowest BCUT2D eigenvalue weighted by molar-refractivity contribution is 0.112. The molecule has 32 heavy (non-hydrogen) atoms. The summed E-state index contributed by atoms with van der Waals surface area (Å²) < 4.78 is 0. The van der Waals surface area contributed by atoms with Gasteiger partial charge in [-0.1, -0.05) is 77.1 Å². The molecule has 2 heteroatoms. The summed E-state index contributed by atoms with van der Waals surface area (Å²) in [4.78, 5) is 14.0. The Hall–Kier alpha value is -3.39. The molecule has 160 valence electrons. The van der Waals surface area contributed by atoms with E-state index in [9.17, 15) is 4.79 Å². The normalized spacial score (nSPS) is 14.7. The third kappa shape index (κ3) is 3.05. The minimum atomic E-state index is -0.244. The highest BCUT2D eigenvalue weighted by atomic mass is 16.1. The van der Waals surface area contributed by atoms with Crippen molar-refractivity contribution in [1.29, 1.82) is 0 Å². The highest BCUT2D eigenvalue weighted by molar-refractivity contribution is 5.98. The molecule has 0 aliphatic carbocycles. The molecule has 0 saturated heterocycles. The van der Waals surface area contributed by atoms with Crippen LogP contribution in [0.5, 0.6) is 0 Å². The van der Waals surface area contributed by atoms with Crippen molar-refractivity contribution >= 4 is 34.1 Å². The van der Waals surface area contributed by atoms with Gasteiger partial charge in [0.05, 0.1) is 11.4 Å². The molecule has 0 spiro atoms.